The molecule has 0 spiro atoms. The van der Waals surface area contributed by atoms with Gasteiger partial charge in [0.1, 0.15) is 6.61 Å². The normalized spacial score (nSPS) is 14.0. The summed E-state index contributed by atoms with van der Waals surface area (Å²) in [6, 6.07) is 16.7. The zero-order valence-corrected chi connectivity index (χ0v) is 20.0. The fourth-order valence-electron chi connectivity index (χ4n) is 3.14. The van der Waals surface area contributed by atoms with Crippen molar-refractivity contribution < 1.29 is 23.9 Å². The third-order valence-electron chi connectivity index (χ3n) is 4.84. The fraction of sp³-hybridized carbons (Fsp3) is 0.0833. The molecule has 0 fully saturated rings. The molecule has 0 bridgehead atoms. The van der Waals surface area contributed by atoms with Gasteiger partial charge in [-0.25, -0.2) is 9.79 Å². The van der Waals surface area contributed by atoms with Gasteiger partial charge in [-0.3, -0.25) is 10.1 Å². The Bertz CT molecular complexity index is 1360. The molecule has 3 aromatic carbocycles. The molecule has 0 aromatic heterocycles. The number of hydrogen-bond donors (Lipinski definition) is 0. The molecule has 0 amide bonds. The van der Waals surface area contributed by atoms with Crippen LogP contribution in [0.2, 0.25) is 5.02 Å². The van der Waals surface area contributed by atoms with Gasteiger partial charge in [-0.05, 0) is 35.9 Å². The van der Waals surface area contributed by atoms with Gasteiger partial charge < -0.3 is 14.2 Å². The number of methoxy groups -OCH3 is 1. The van der Waals surface area contributed by atoms with Gasteiger partial charge in [-0.15, -0.1) is 0 Å². The predicted molar refractivity (Wildman–Crippen MR) is 130 cm³/mol. The van der Waals surface area contributed by atoms with Crippen LogP contribution >= 0.6 is 27.5 Å². The lowest BCUT2D eigenvalue weighted by Gasteiger charge is -2.12. The number of non-ortho nitro benzene ring substituents is 1. The summed E-state index contributed by atoms with van der Waals surface area (Å²) in [5.41, 5.74) is 1.57. The molecular weight excluding hydrogens is 528 g/mol. The SMILES string of the molecule is COc1cc(/C=C2\N=C(c3cc([N+](=O)[O-])ccc3Cl)OC2=O)ccc1OCc1ccccc1Br. The molecular formula is C24H16BrClN2O6. The lowest BCUT2D eigenvalue weighted by atomic mass is 10.1. The van der Waals surface area contributed by atoms with Crippen LogP contribution in [0.1, 0.15) is 16.7 Å². The molecule has 4 rings (SSSR count). The van der Waals surface area contributed by atoms with Crippen LogP contribution in [0.15, 0.2) is 75.8 Å². The molecule has 172 valence electrons. The van der Waals surface area contributed by atoms with Gasteiger partial charge in [0.05, 0.1) is 22.6 Å². The van der Waals surface area contributed by atoms with E-state index < -0.39 is 10.9 Å². The molecule has 1 aliphatic heterocycles. The van der Waals surface area contributed by atoms with Crippen LogP contribution in [0.3, 0.4) is 0 Å². The van der Waals surface area contributed by atoms with Crippen molar-refractivity contribution >= 4 is 51.2 Å². The Balaban J connectivity index is 1.58. The Labute approximate surface area is 207 Å². The number of nitro groups is 1. The predicted octanol–water partition coefficient (Wildman–Crippen LogP) is 5.94. The summed E-state index contributed by atoms with van der Waals surface area (Å²) >= 11 is 9.62. The topological polar surface area (TPSA) is 100 Å². The maximum absolute atomic E-state index is 12.4. The smallest absolute Gasteiger partial charge is 0.363 e. The molecule has 0 atom stereocenters. The van der Waals surface area contributed by atoms with E-state index in [9.17, 15) is 14.9 Å². The first-order chi connectivity index (χ1) is 16.4. The van der Waals surface area contributed by atoms with E-state index in [-0.39, 0.29) is 27.9 Å². The van der Waals surface area contributed by atoms with Crippen molar-refractivity contribution in [1.29, 1.82) is 0 Å². The second kappa shape index (κ2) is 10.1. The van der Waals surface area contributed by atoms with Crippen molar-refractivity contribution in [2.45, 2.75) is 6.61 Å². The van der Waals surface area contributed by atoms with Crippen molar-refractivity contribution in [3.63, 3.8) is 0 Å². The zero-order chi connectivity index (χ0) is 24.2. The van der Waals surface area contributed by atoms with E-state index in [0.29, 0.717) is 23.7 Å². The summed E-state index contributed by atoms with van der Waals surface area (Å²) in [6.45, 7) is 0.335. The Morgan fingerprint density at radius 1 is 1.15 bits per heavy atom. The minimum atomic E-state index is -0.703. The van der Waals surface area contributed by atoms with Gasteiger partial charge in [0, 0.05) is 22.2 Å². The zero-order valence-electron chi connectivity index (χ0n) is 17.7. The van der Waals surface area contributed by atoms with E-state index in [2.05, 4.69) is 20.9 Å². The summed E-state index contributed by atoms with van der Waals surface area (Å²) in [5, 5.41) is 11.2. The highest BCUT2D eigenvalue weighted by Gasteiger charge is 2.27. The Kier molecular flexibility index (Phi) is 6.95. The van der Waals surface area contributed by atoms with Crippen LogP contribution in [-0.2, 0) is 16.1 Å². The Morgan fingerprint density at radius 2 is 1.94 bits per heavy atom. The average Bonchev–Trinajstić information content (AvgIpc) is 3.18. The minimum Gasteiger partial charge on any atom is -0.493 e. The van der Waals surface area contributed by atoms with Crippen LogP contribution in [0.25, 0.3) is 6.08 Å². The third kappa shape index (κ3) is 5.11. The van der Waals surface area contributed by atoms with Gasteiger partial charge in [-0.2, -0.15) is 0 Å². The number of rotatable bonds is 7. The number of nitrogens with zero attached hydrogens (tertiary/aromatic N) is 2. The summed E-state index contributed by atoms with van der Waals surface area (Å²) < 4.78 is 17.5. The van der Waals surface area contributed by atoms with Crippen LogP contribution in [0.4, 0.5) is 5.69 Å². The molecule has 0 radical (unpaired) electrons. The summed E-state index contributed by atoms with van der Waals surface area (Å²) in [7, 11) is 1.52. The lowest BCUT2D eigenvalue weighted by molar-refractivity contribution is -0.384. The summed E-state index contributed by atoms with van der Waals surface area (Å²) in [5.74, 6) is 0.191. The number of hydrogen-bond acceptors (Lipinski definition) is 7. The monoisotopic (exact) mass is 542 g/mol. The van der Waals surface area contributed by atoms with E-state index in [1.165, 1.54) is 31.4 Å². The number of carbonyl (C=O) groups is 1. The maximum atomic E-state index is 12.4. The van der Waals surface area contributed by atoms with Crippen LogP contribution < -0.4 is 9.47 Å². The molecule has 0 saturated heterocycles. The van der Waals surface area contributed by atoms with Gasteiger partial charge in [0.2, 0.25) is 5.90 Å². The van der Waals surface area contributed by atoms with Gasteiger partial charge in [-0.1, -0.05) is 51.8 Å². The van der Waals surface area contributed by atoms with Gasteiger partial charge in [0.15, 0.2) is 17.2 Å². The number of ether oxygens (including phenoxy) is 3. The lowest BCUT2D eigenvalue weighted by Crippen LogP contribution is -2.06. The Morgan fingerprint density at radius 3 is 2.68 bits per heavy atom. The first kappa shape index (κ1) is 23.5. The van der Waals surface area contributed by atoms with E-state index in [0.717, 1.165) is 10.0 Å². The molecule has 1 heterocycles. The largest absolute Gasteiger partial charge is 0.493 e. The van der Waals surface area contributed by atoms with Crippen molar-refractivity contribution in [2.75, 3.05) is 7.11 Å². The van der Waals surface area contributed by atoms with Crippen molar-refractivity contribution in [3.05, 3.63) is 103 Å². The number of nitro benzene ring substituents is 1. The average molecular weight is 544 g/mol. The number of cyclic esters (lactones) is 1. The molecule has 8 nitrogen and oxygen atoms in total. The van der Waals surface area contributed by atoms with E-state index in [1.807, 2.05) is 24.3 Å². The van der Waals surface area contributed by atoms with E-state index >= 15 is 0 Å². The molecule has 3 aromatic rings. The van der Waals surface area contributed by atoms with Crippen LogP contribution in [0, 0.1) is 10.1 Å². The van der Waals surface area contributed by atoms with Crippen molar-refractivity contribution in [3.8, 4) is 11.5 Å². The molecule has 0 unspecified atom stereocenters. The second-order valence-electron chi connectivity index (χ2n) is 7.05. The summed E-state index contributed by atoms with van der Waals surface area (Å²) in [6.07, 6.45) is 1.51. The van der Waals surface area contributed by atoms with E-state index in [1.54, 1.807) is 18.2 Å². The van der Waals surface area contributed by atoms with Gasteiger partial charge in [0.25, 0.3) is 5.69 Å². The van der Waals surface area contributed by atoms with Crippen molar-refractivity contribution in [1.82, 2.24) is 0 Å². The van der Waals surface area contributed by atoms with Crippen LogP contribution in [-0.4, -0.2) is 23.9 Å². The molecule has 34 heavy (non-hydrogen) atoms. The highest BCUT2D eigenvalue weighted by molar-refractivity contribution is 9.10. The van der Waals surface area contributed by atoms with E-state index in [4.69, 9.17) is 25.8 Å². The highest BCUT2D eigenvalue weighted by atomic mass is 79.9. The first-order valence-electron chi connectivity index (χ1n) is 9.87. The molecule has 0 N–H and O–H groups in total. The highest BCUT2D eigenvalue weighted by Crippen LogP contribution is 2.32. The minimum absolute atomic E-state index is 0.0153. The number of carbonyl (C=O) groups excluding carboxylic acids is 1. The fourth-order valence-corrected chi connectivity index (χ4v) is 3.73. The molecule has 10 heteroatoms. The Hall–Kier alpha value is -3.69. The molecule has 1 aliphatic rings. The standard InChI is InChI=1S/C24H16BrClN2O6/c1-32-22-11-14(6-9-21(22)33-13-15-4-2-3-5-18(15)25)10-20-24(29)34-23(27-20)17-12-16(28(30)31)7-8-19(17)26/h2-12H,13H2,1H3/b20-10-. The number of benzene rings is 3. The number of aliphatic imine (C=N–C) groups is 1. The quantitative estimate of drug-likeness (QED) is 0.158. The van der Waals surface area contributed by atoms with Crippen LogP contribution in [0.5, 0.6) is 11.5 Å². The van der Waals surface area contributed by atoms with Crippen molar-refractivity contribution in [2.24, 2.45) is 4.99 Å². The molecule has 0 aliphatic carbocycles. The van der Waals surface area contributed by atoms with Gasteiger partial charge >= 0.3 is 5.97 Å². The first-order valence-corrected chi connectivity index (χ1v) is 11.0. The third-order valence-corrected chi connectivity index (χ3v) is 5.95. The number of esters is 1. The number of halogens is 2. The second-order valence-corrected chi connectivity index (χ2v) is 8.31. The maximum Gasteiger partial charge on any atom is 0.363 e. The molecule has 0 saturated carbocycles. The summed E-state index contributed by atoms with van der Waals surface area (Å²) in [4.78, 5) is 27.0.